The van der Waals surface area contributed by atoms with Crippen LogP contribution >= 0.6 is 0 Å². The van der Waals surface area contributed by atoms with E-state index in [2.05, 4.69) is 19.8 Å². The van der Waals surface area contributed by atoms with E-state index in [4.69, 9.17) is 4.74 Å². The molecule has 0 radical (unpaired) electrons. The number of hydrogen-bond acceptors (Lipinski definition) is 5. The number of fused-ring (bicyclic) bond motifs is 1. The van der Waals surface area contributed by atoms with Crippen molar-refractivity contribution in [3.63, 3.8) is 0 Å². The number of benzene rings is 1. The van der Waals surface area contributed by atoms with Crippen LogP contribution in [-0.2, 0) is 11.3 Å². The lowest BCUT2D eigenvalue weighted by atomic mass is 10.1. The Morgan fingerprint density at radius 1 is 1.08 bits per heavy atom. The lowest BCUT2D eigenvalue weighted by Gasteiger charge is -2.37. The minimum atomic E-state index is -0.194. The molecule has 3 heterocycles. The van der Waals surface area contributed by atoms with E-state index in [1.54, 1.807) is 24.5 Å². The van der Waals surface area contributed by atoms with E-state index in [0.717, 1.165) is 38.5 Å². The third kappa shape index (κ3) is 3.25. The normalized spacial score (nSPS) is 24.1. The van der Waals surface area contributed by atoms with Crippen molar-refractivity contribution in [1.29, 1.82) is 0 Å². The first-order chi connectivity index (χ1) is 11.8. The van der Waals surface area contributed by atoms with Crippen LogP contribution in [0.3, 0.4) is 0 Å². The summed E-state index contributed by atoms with van der Waals surface area (Å²) < 4.78 is 19.7. The number of anilines is 1. The van der Waals surface area contributed by atoms with Gasteiger partial charge >= 0.3 is 0 Å². The summed E-state index contributed by atoms with van der Waals surface area (Å²) in [6, 6.07) is 9.10. The fraction of sp³-hybridized carbons (Fsp3) is 0.444. The molecule has 0 bridgehead atoms. The summed E-state index contributed by atoms with van der Waals surface area (Å²) in [6.07, 6.45) is 4.69. The second-order valence-electron chi connectivity index (χ2n) is 6.40. The molecule has 1 aromatic heterocycles. The Morgan fingerprint density at radius 2 is 1.92 bits per heavy atom. The van der Waals surface area contributed by atoms with Gasteiger partial charge in [0.1, 0.15) is 5.82 Å². The van der Waals surface area contributed by atoms with Crippen molar-refractivity contribution in [2.24, 2.45) is 0 Å². The van der Waals surface area contributed by atoms with E-state index < -0.39 is 0 Å². The number of halogens is 1. The maximum atomic E-state index is 13.7. The first-order valence-electron chi connectivity index (χ1n) is 8.40. The van der Waals surface area contributed by atoms with Gasteiger partial charge in [-0.2, -0.15) is 0 Å². The molecule has 2 saturated heterocycles. The average molecular weight is 328 g/mol. The Hall–Kier alpha value is -2.05. The molecule has 5 nitrogen and oxygen atoms in total. The highest BCUT2D eigenvalue weighted by molar-refractivity contribution is 5.30. The van der Waals surface area contributed by atoms with E-state index in [9.17, 15) is 4.39 Å². The zero-order valence-corrected chi connectivity index (χ0v) is 13.5. The monoisotopic (exact) mass is 328 g/mol. The smallest absolute Gasteiger partial charge is 0.225 e. The predicted molar refractivity (Wildman–Crippen MR) is 89.2 cm³/mol. The van der Waals surface area contributed by atoms with Gasteiger partial charge in [0, 0.05) is 50.2 Å². The van der Waals surface area contributed by atoms with E-state index in [1.807, 2.05) is 12.1 Å². The summed E-state index contributed by atoms with van der Waals surface area (Å²) in [5.74, 6) is 0.605. The molecule has 1 aromatic carbocycles. The number of aromatic nitrogens is 2. The fourth-order valence-corrected chi connectivity index (χ4v) is 3.58. The van der Waals surface area contributed by atoms with Gasteiger partial charge in [0.2, 0.25) is 5.95 Å². The largest absolute Gasteiger partial charge is 0.372 e. The minimum Gasteiger partial charge on any atom is -0.372 e. The van der Waals surface area contributed by atoms with Crippen LogP contribution < -0.4 is 4.90 Å². The SMILES string of the molecule is Fc1ccccc1CO[C@@H]1C[C@H]2CN(c3ncccn3)CCN2C1. The number of rotatable bonds is 4. The fourth-order valence-electron chi connectivity index (χ4n) is 3.58. The van der Waals surface area contributed by atoms with Gasteiger partial charge in [-0.1, -0.05) is 18.2 Å². The summed E-state index contributed by atoms with van der Waals surface area (Å²) in [5, 5.41) is 0. The number of nitrogens with zero attached hydrogens (tertiary/aromatic N) is 4. The van der Waals surface area contributed by atoms with Crippen molar-refractivity contribution in [2.45, 2.75) is 25.2 Å². The quantitative estimate of drug-likeness (QED) is 0.860. The molecule has 2 atom stereocenters. The van der Waals surface area contributed by atoms with Crippen molar-refractivity contribution >= 4 is 5.95 Å². The Kier molecular flexibility index (Phi) is 4.40. The number of ether oxygens (including phenoxy) is 1. The van der Waals surface area contributed by atoms with Gasteiger partial charge in [-0.25, -0.2) is 14.4 Å². The highest BCUT2D eigenvalue weighted by Crippen LogP contribution is 2.26. The second kappa shape index (κ2) is 6.83. The number of hydrogen-bond donors (Lipinski definition) is 0. The zero-order valence-electron chi connectivity index (χ0n) is 13.5. The third-order valence-electron chi connectivity index (χ3n) is 4.85. The van der Waals surface area contributed by atoms with Crippen molar-refractivity contribution < 1.29 is 9.13 Å². The topological polar surface area (TPSA) is 41.5 Å². The molecular weight excluding hydrogens is 307 g/mol. The van der Waals surface area contributed by atoms with Crippen molar-refractivity contribution in [1.82, 2.24) is 14.9 Å². The molecule has 0 N–H and O–H groups in total. The van der Waals surface area contributed by atoms with Gasteiger partial charge in [-0.05, 0) is 18.6 Å². The Balaban J connectivity index is 1.34. The van der Waals surface area contributed by atoms with Crippen LogP contribution in [0.5, 0.6) is 0 Å². The van der Waals surface area contributed by atoms with Gasteiger partial charge in [0.25, 0.3) is 0 Å². The molecule has 2 fully saturated rings. The molecule has 0 aliphatic carbocycles. The van der Waals surface area contributed by atoms with E-state index in [-0.39, 0.29) is 11.9 Å². The van der Waals surface area contributed by atoms with Crippen LogP contribution in [0, 0.1) is 5.82 Å². The second-order valence-corrected chi connectivity index (χ2v) is 6.40. The van der Waals surface area contributed by atoms with Gasteiger partial charge in [0.15, 0.2) is 0 Å². The Bertz CT molecular complexity index is 684. The molecule has 2 aliphatic heterocycles. The highest BCUT2D eigenvalue weighted by Gasteiger charge is 2.37. The molecule has 4 rings (SSSR count). The molecule has 0 amide bonds. The molecule has 2 aliphatic rings. The first kappa shape index (κ1) is 15.5. The van der Waals surface area contributed by atoms with Crippen LogP contribution in [0.25, 0.3) is 0 Å². The van der Waals surface area contributed by atoms with Gasteiger partial charge < -0.3 is 9.64 Å². The van der Waals surface area contributed by atoms with Crippen LogP contribution in [-0.4, -0.2) is 53.2 Å². The molecule has 126 valence electrons. The molecule has 6 heteroatoms. The van der Waals surface area contributed by atoms with Gasteiger partial charge in [0.05, 0.1) is 12.7 Å². The third-order valence-corrected chi connectivity index (χ3v) is 4.85. The van der Waals surface area contributed by atoms with E-state index >= 15 is 0 Å². The number of piperazine rings is 1. The van der Waals surface area contributed by atoms with Crippen LogP contribution in [0.15, 0.2) is 42.7 Å². The van der Waals surface area contributed by atoms with Crippen molar-refractivity contribution in [3.8, 4) is 0 Å². The van der Waals surface area contributed by atoms with Gasteiger partial charge in [-0.3, -0.25) is 4.90 Å². The molecule has 0 unspecified atom stereocenters. The van der Waals surface area contributed by atoms with Crippen LogP contribution in [0.1, 0.15) is 12.0 Å². The maximum Gasteiger partial charge on any atom is 0.225 e. The summed E-state index contributed by atoms with van der Waals surface area (Å²) >= 11 is 0. The van der Waals surface area contributed by atoms with E-state index in [0.29, 0.717) is 18.2 Å². The lowest BCUT2D eigenvalue weighted by Crippen LogP contribution is -2.50. The Morgan fingerprint density at radius 3 is 2.75 bits per heavy atom. The maximum absolute atomic E-state index is 13.7. The molecule has 24 heavy (non-hydrogen) atoms. The molecule has 0 saturated carbocycles. The van der Waals surface area contributed by atoms with Gasteiger partial charge in [-0.15, -0.1) is 0 Å². The predicted octanol–water partition coefficient (Wildman–Crippen LogP) is 2.10. The molecule has 2 aromatic rings. The zero-order chi connectivity index (χ0) is 16.4. The molecular formula is C18H21FN4O. The summed E-state index contributed by atoms with van der Waals surface area (Å²) in [7, 11) is 0. The minimum absolute atomic E-state index is 0.159. The standard InChI is InChI=1S/C18H21FN4O/c19-17-5-2-1-4-14(17)13-24-16-10-15-11-23(9-8-22(15)12-16)18-20-6-3-7-21-18/h1-7,15-16H,8-13H2/t15-,16+/m0/s1. The summed E-state index contributed by atoms with van der Waals surface area (Å²) in [5.41, 5.74) is 0.627. The van der Waals surface area contributed by atoms with Crippen LogP contribution in [0.4, 0.5) is 10.3 Å². The average Bonchev–Trinajstić information content (AvgIpc) is 3.04. The summed E-state index contributed by atoms with van der Waals surface area (Å²) in [4.78, 5) is 13.4. The van der Waals surface area contributed by atoms with Crippen molar-refractivity contribution in [2.75, 3.05) is 31.1 Å². The lowest BCUT2D eigenvalue weighted by molar-refractivity contribution is 0.0454. The van der Waals surface area contributed by atoms with Crippen LogP contribution in [0.2, 0.25) is 0 Å². The van der Waals surface area contributed by atoms with Crippen molar-refractivity contribution in [3.05, 3.63) is 54.1 Å². The highest BCUT2D eigenvalue weighted by atomic mass is 19.1. The van der Waals surface area contributed by atoms with E-state index in [1.165, 1.54) is 6.07 Å². The first-order valence-corrected chi connectivity index (χ1v) is 8.40. The Labute approximate surface area is 141 Å². The molecule has 0 spiro atoms. The summed E-state index contributed by atoms with van der Waals surface area (Å²) in [6.45, 7) is 4.10.